The van der Waals surface area contributed by atoms with Crippen LogP contribution in [-0.4, -0.2) is 18.6 Å². The van der Waals surface area contributed by atoms with Gasteiger partial charge in [-0.2, -0.15) is 0 Å². The summed E-state index contributed by atoms with van der Waals surface area (Å²) in [7, 11) is 0. The minimum atomic E-state index is 0. The van der Waals surface area contributed by atoms with Crippen LogP contribution in [0.25, 0.3) is 0 Å². The molecule has 0 spiro atoms. The molecule has 0 radical (unpaired) electrons. The fourth-order valence-corrected chi connectivity index (χ4v) is 0. The van der Waals surface area contributed by atoms with E-state index in [-0.39, 0.29) is 65.3 Å². The molecule has 0 aromatic rings. The molecular formula is HCdGaOZn. The molecule has 0 heterocycles. The maximum absolute atomic E-state index is 8.38. The van der Waals surface area contributed by atoms with Crippen LogP contribution in [0.3, 0.4) is 0 Å². The predicted octanol–water partition coefficient (Wildman–Crippen LogP) is -0.772. The van der Waals surface area contributed by atoms with E-state index in [2.05, 4.69) is 0 Å². The van der Waals surface area contributed by atoms with Crippen molar-refractivity contribution < 1.29 is 50.3 Å². The van der Waals surface area contributed by atoms with Crippen LogP contribution in [-0.2, 0) is 50.3 Å². The molecule has 0 atom stereocenters. The molecule has 0 amide bonds. The van der Waals surface area contributed by atoms with Crippen LogP contribution >= 0.6 is 0 Å². The smallest absolute Gasteiger partial charge is 0 e. The second-order valence-corrected chi connectivity index (χ2v) is 0. The van der Waals surface area contributed by atoms with E-state index in [4.69, 9.17) is 3.54 Å². The van der Waals surface area contributed by atoms with E-state index in [1.165, 1.54) is 0 Å². The van der Waals surface area contributed by atoms with Crippen molar-refractivity contribution in [2.75, 3.05) is 0 Å². The van der Waals surface area contributed by atoms with Crippen molar-refractivity contribution in [3.63, 3.8) is 0 Å². The van der Waals surface area contributed by atoms with Crippen LogP contribution in [0, 0.1) is 0 Å². The van der Waals surface area contributed by atoms with Gasteiger partial charge in [0.05, 0.1) is 0 Å². The molecule has 4 heavy (non-hydrogen) atoms. The van der Waals surface area contributed by atoms with Crippen molar-refractivity contribution in [1.82, 2.24) is 0 Å². The summed E-state index contributed by atoms with van der Waals surface area (Å²) in [6.45, 7) is 0. The summed E-state index contributed by atoms with van der Waals surface area (Å²) in [5, 5.41) is 0. The zero-order chi connectivity index (χ0) is 2.00. The molecular weight excluding hydrogens is 264 g/mol. The maximum Gasteiger partial charge on any atom is 0 e. The first-order valence-electron chi connectivity index (χ1n) is 0.289. The number of rotatable bonds is 0. The normalized spacial score (nSPS) is 0.750. The van der Waals surface area contributed by atoms with E-state index in [0.717, 1.165) is 0 Å². The fourth-order valence-electron chi connectivity index (χ4n) is 0. The molecule has 0 rings (SSSR count). The van der Waals surface area contributed by atoms with Crippen molar-refractivity contribution in [2.24, 2.45) is 0 Å². The molecule has 14 valence electrons. The van der Waals surface area contributed by atoms with E-state index in [1.807, 2.05) is 0 Å². The van der Waals surface area contributed by atoms with E-state index in [0.29, 0.717) is 0 Å². The van der Waals surface area contributed by atoms with Crippen LogP contribution in [0.15, 0.2) is 0 Å². The first-order valence-corrected chi connectivity index (χ1v) is 1.50. The van der Waals surface area contributed by atoms with Crippen molar-refractivity contribution in [2.45, 2.75) is 0 Å². The third kappa shape index (κ3) is 9.01. The van der Waals surface area contributed by atoms with Crippen molar-refractivity contribution in [1.29, 1.82) is 0 Å². The van der Waals surface area contributed by atoms with Gasteiger partial charge in [-0.05, 0) is 0 Å². The first-order chi connectivity index (χ1) is 1.00. The molecule has 0 aliphatic carbocycles. The summed E-state index contributed by atoms with van der Waals surface area (Å²) in [6, 6.07) is 0. The average Bonchev–Trinajstić information content (AvgIpc) is 1.00. The largest absolute Gasteiger partial charge is 0 e. The molecule has 0 unspecified atom stereocenters. The third-order valence-electron chi connectivity index (χ3n) is 0. The zero-order valence-corrected chi connectivity index (χ0v) is 12.5. The molecule has 0 saturated carbocycles. The van der Waals surface area contributed by atoms with Gasteiger partial charge >= 0.3 is 22.1 Å². The predicted molar refractivity (Wildman–Crippen MR) is 7.84 cm³/mol. The van der Waals surface area contributed by atoms with Gasteiger partial charge in [0, 0.05) is 46.8 Å². The summed E-state index contributed by atoms with van der Waals surface area (Å²) in [5.41, 5.74) is 0. The summed E-state index contributed by atoms with van der Waals surface area (Å²) < 4.78 is 8.38. The quantitative estimate of drug-likeness (QED) is 0.525. The molecule has 0 aromatic heterocycles. The van der Waals surface area contributed by atoms with Crippen LogP contribution in [0.2, 0.25) is 0 Å². The molecule has 0 aliphatic rings. The second-order valence-electron chi connectivity index (χ2n) is 0. The fraction of sp³-hybridized carbons (Fsp3) is 0. The van der Waals surface area contributed by atoms with Gasteiger partial charge in [0.1, 0.15) is 0 Å². The third-order valence-corrected chi connectivity index (χ3v) is 0. The Morgan fingerprint density at radius 2 is 1.25 bits per heavy atom. The van der Waals surface area contributed by atoms with E-state index in [1.54, 1.807) is 0 Å². The van der Waals surface area contributed by atoms with Gasteiger partial charge in [0.2, 0.25) is 0 Å². The van der Waals surface area contributed by atoms with Crippen LogP contribution in [0.5, 0.6) is 0 Å². The second kappa shape index (κ2) is 20.1. The van der Waals surface area contributed by atoms with Crippen molar-refractivity contribution in [3.8, 4) is 0 Å². The molecule has 1 nitrogen and oxygen atoms in total. The Labute approximate surface area is 68.0 Å². The molecule has 4 heteroatoms. The Kier molecular flexibility index (Phi) is 83.9. The van der Waals surface area contributed by atoms with E-state index < -0.39 is 0 Å². The topological polar surface area (TPSA) is 17.1 Å². The van der Waals surface area contributed by atoms with Gasteiger partial charge in [0.15, 0.2) is 0 Å². The monoisotopic (exact) mass is 264 g/mol. The molecule has 0 aromatic carbocycles. The van der Waals surface area contributed by atoms with Crippen LogP contribution < -0.4 is 0 Å². The van der Waals surface area contributed by atoms with Gasteiger partial charge in [-0.25, -0.2) is 0 Å². The zero-order valence-electron chi connectivity index (χ0n) is 2.53. The van der Waals surface area contributed by atoms with Crippen LogP contribution in [0.1, 0.15) is 0 Å². The minimum absolute atomic E-state index is 0. The number of hydrogen-bond donors (Lipinski definition) is 0. The average molecular weight is 265 g/mol. The molecule has 0 N–H and O–H groups in total. The molecule has 0 bridgehead atoms. The Bertz CT molecular complexity index is 8.00. The van der Waals surface area contributed by atoms with Gasteiger partial charge in [-0.1, -0.05) is 0 Å². The Hall–Kier alpha value is 1.98. The van der Waals surface area contributed by atoms with Gasteiger partial charge in [0.25, 0.3) is 0 Å². The standard InChI is InChI=1S/Cd.Ga.O.Zn.H. The number of hydrogen-bond acceptors (Lipinski definition) is 1. The summed E-state index contributed by atoms with van der Waals surface area (Å²) >= 11 is 0.125. The first kappa shape index (κ1) is 16.7. The minimum Gasteiger partial charge on any atom is 0 e. The van der Waals surface area contributed by atoms with Crippen LogP contribution in [0.4, 0.5) is 0 Å². The van der Waals surface area contributed by atoms with Gasteiger partial charge in [-0.3, -0.25) is 0 Å². The summed E-state index contributed by atoms with van der Waals surface area (Å²) in [4.78, 5) is 0. The summed E-state index contributed by atoms with van der Waals surface area (Å²) in [6.07, 6.45) is 0. The van der Waals surface area contributed by atoms with E-state index >= 15 is 0 Å². The van der Waals surface area contributed by atoms with Gasteiger partial charge < -0.3 is 0 Å². The SMILES string of the molecule is [Cd].[O]=[GaH].[Zn]. The van der Waals surface area contributed by atoms with E-state index in [9.17, 15) is 0 Å². The summed E-state index contributed by atoms with van der Waals surface area (Å²) in [5.74, 6) is 0. The molecule has 0 aliphatic heterocycles. The van der Waals surface area contributed by atoms with Crippen molar-refractivity contribution >= 4 is 18.6 Å². The Morgan fingerprint density at radius 1 is 1.25 bits per heavy atom. The van der Waals surface area contributed by atoms with Crippen molar-refractivity contribution in [3.05, 3.63) is 0 Å². The molecule has 0 fully saturated rings. The van der Waals surface area contributed by atoms with Gasteiger partial charge in [-0.15, -0.1) is 0 Å². The maximum atomic E-state index is 8.38. The Balaban J connectivity index is -0.00000000500. The Morgan fingerprint density at radius 3 is 1.25 bits per heavy atom. The molecule has 0 saturated heterocycles.